The second-order valence-electron chi connectivity index (χ2n) is 8.48. The maximum Gasteiger partial charge on any atom is 0.328 e. The zero-order valence-electron chi connectivity index (χ0n) is 15.8. The van der Waals surface area contributed by atoms with Crippen LogP contribution in [0.4, 0.5) is 0 Å². The van der Waals surface area contributed by atoms with Crippen molar-refractivity contribution in [2.75, 3.05) is 0 Å². The van der Waals surface area contributed by atoms with Crippen LogP contribution < -0.4 is 0 Å². The summed E-state index contributed by atoms with van der Waals surface area (Å²) in [5.74, 6) is -0.704. The van der Waals surface area contributed by atoms with Crippen LogP contribution in [0.5, 0.6) is 5.75 Å². The predicted octanol–water partition coefficient (Wildman–Crippen LogP) is 5.51. The van der Waals surface area contributed by atoms with Gasteiger partial charge in [-0.15, -0.1) is 0 Å². The molecule has 0 radical (unpaired) electrons. The maximum absolute atomic E-state index is 10.7. The first-order chi connectivity index (χ1) is 12.1. The molecule has 3 nitrogen and oxygen atoms in total. The lowest BCUT2D eigenvalue weighted by Gasteiger charge is -2.42. The fourth-order valence-corrected chi connectivity index (χ4v) is 3.81. The average Bonchev–Trinajstić information content (AvgIpc) is 2.57. The number of carbonyl (C=O) groups is 1. The highest BCUT2D eigenvalue weighted by Crippen LogP contribution is 2.49. The van der Waals surface area contributed by atoms with E-state index >= 15 is 0 Å². The molecular formula is C23H26O3. The lowest BCUT2D eigenvalue weighted by molar-refractivity contribution is -0.131. The third-order valence-corrected chi connectivity index (χ3v) is 5.59. The summed E-state index contributed by atoms with van der Waals surface area (Å²) in [6, 6.07) is 11.6. The van der Waals surface area contributed by atoms with Crippen molar-refractivity contribution in [3.8, 4) is 16.9 Å². The standard InChI is InChI=1S/C23H26O3/c1-22(2)10-11-23(3,4)19-14-20(24)17(13-18(19)22)16-7-5-6-15(12-16)8-9-21(25)26/h5-9,12-14,24H,10-11H2,1-4H3,(H,25,26). The molecule has 2 N–H and O–H groups in total. The number of hydrogen-bond donors (Lipinski definition) is 2. The Hall–Kier alpha value is -2.55. The summed E-state index contributed by atoms with van der Waals surface area (Å²) in [6.45, 7) is 8.98. The molecule has 0 aliphatic heterocycles. The molecule has 0 saturated heterocycles. The Morgan fingerprint density at radius 2 is 1.62 bits per heavy atom. The second-order valence-corrected chi connectivity index (χ2v) is 8.48. The van der Waals surface area contributed by atoms with Gasteiger partial charge in [-0.3, -0.25) is 0 Å². The van der Waals surface area contributed by atoms with Crippen molar-refractivity contribution >= 4 is 12.0 Å². The van der Waals surface area contributed by atoms with Crippen molar-refractivity contribution in [3.63, 3.8) is 0 Å². The second kappa shape index (κ2) is 6.31. The molecule has 26 heavy (non-hydrogen) atoms. The van der Waals surface area contributed by atoms with Gasteiger partial charge in [0.2, 0.25) is 0 Å². The molecule has 0 spiro atoms. The summed E-state index contributed by atoms with van der Waals surface area (Å²) in [7, 11) is 0. The van der Waals surface area contributed by atoms with Crippen LogP contribution in [0.15, 0.2) is 42.5 Å². The Kier molecular flexibility index (Phi) is 4.43. The number of aliphatic carboxylic acids is 1. The quantitative estimate of drug-likeness (QED) is 0.718. The minimum Gasteiger partial charge on any atom is -0.507 e. The summed E-state index contributed by atoms with van der Waals surface area (Å²) >= 11 is 0. The van der Waals surface area contributed by atoms with Crippen LogP contribution in [-0.2, 0) is 15.6 Å². The molecule has 0 aromatic heterocycles. The van der Waals surface area contributed by atoms with Crippen LogP contribution >= 0.6 is 0 Å². The van der Waals surface area contributed by atoms with E-state index in [1.807, 2.05) is 30.3 Å². The van der Waals surface area contributed by atoms with E-state index in [0.717, 1.165) is 35.6 Å². The van der Waals surface area contributed by atoms with Gasteiger partial charge in [0, 0.05) is 11.6 Å². The van der Waals surface area contributed by atoms with Crippen LogP contribution in [0.1, 0.15) is 57.2 Å². The Morgan fingerprint density at radius 1 is 1.00 bits per heavy atom. The van der Waals surface area contributed by atoms with Crippen LogP contribution in [-0.4, -0.2) is 16.2 Å². The van der Waals surface area contributed by atoms with Crippen LogP contribution in [0.25, 0.3) is 17.2 Å². The van der Waals surface area contributed by atoms with Gasteiger partial charge in [0.1, 0.15) is 5.75 Å². The average molecular weight is 350 g/mol. The molecule has 136 valence electrons. The SMILES string of the molecule is CC1(C)CCC(C)(C)c2cc(-c3cccc(C=CC(=O)O)c3)c(O)cc21. The molecule has 0 saturated carbocycles. The molecule has 0 bridgehead atoms. The van der Waals surface area contributed by atoms with E-state index < -0.39 is 5.97 Å². The summed E-state index contributed by atoms with van der Waals surface area (Å²) in [5, 5.41) is 19.5. The lowest BCUT2D eigenvalue weighted by Crippen LogP contribution is -2.33. The molecule has 3 rings (SSSR count). The number of benzene rings is 2. The van der Waals surface area contributed by atoms with Gasteiger partial charge in [-0.1, -0.05) is 45.9 Å². The van der Waals surface area contributed by atoms with Crippen LogP contribution in [0, 0.1) is 0 Å². The highest BCUT2D eigenvalue weighted by molar-refractivity contribution is 5.86. The minimum absolute atomic E-state index is 0.0485. The first kappa shape index (κ1) is 18.2. The third kappa shape index (κ3) is 3.39. The van der Waals surface area contributed by atoms with Gasteiger partial charge in [0.25, 0.3) is 0 Å². The van der Waals surface area contributed by atoms with E-state index in [1.165, 1.54) is 11.1 Å². The highest BCUT2D eigenvalue weighted by Gasteiger charge is 2.37. The van der Waals surface area contributed by atoms with Gasteiger partial charge in [-0.05, 0) is 70.2 Å². The normalized spacial score (nSPS) is 17.8. The molecule has 3 heteroatoms. The van der Waals surface area contributed by atoms with Gasteiger partial charge < -0.3 is 10.2 Å². The van der Waals surface area contributed by atoms with Crippen molar-refractivity contribution in [2.24, 2.45) is 0 Å². The number of phenolic OH excluding ortho intramolecular Hbond substituents is 1. The monoisotopic (exact) mass is 350 g/mol. The number of carboxylic acid groups (broad SMARTS) is 1. The summed E-state index contributed by atoms with van der Waals surface area (Å²) in [4.78, 5) is 10.7. The summed E-state index contributed by atoms with van der Waals surface area (Å²) in [5.41, 5.74) is 5.09. The number of fused-ring (bicyclic) bond motifs is 1. The van der Waals surface area contributed by atoms with Gasteiger partial charge >= 0.3 is 5.97 Å². The van der Waals surface area contributed by atoms with Crippen LogP contribution in [0.3, 0.4) is 0 Å². The van der Waals surface area contributed by atoms with Gasteiger partial charge in [0.15, 0.2) is 0 Å². The molecule has 0 fully saturated rings. The molecule has 0 unspecified atom stereocenters. The Morgan fingerprint density at radius 3 is 2.23 bits per heavy atom. The Bertz CT molecular complexity index is 888. The van der Waals surface area contributed by atoms with Crippen molar-refractivity contribution in [1.29, 1.82) is 0 Å². The third-order valence-electron chi connectivity index (χ3n) is 5.59. The van der Waals surface area contributed by atoms with Gasteiger partial charge in [-0.25, -0.2) is 4.79 Å². The maximum atomic E-state index is 10.7. The molecule has 2 aromatic carbocycles. The van der Waals surface area contributed by atoms with Crippen molar-refractivity contribution in [2.45, 2.75) is 51.4 Å². The fraction of sp³-hybridized carbons (Fsp3) is 0.348. The number of carboxylic acids is 1. The van der Waals surface area contributed by atoms with Crippen molar-refractivity contribution < 1.29 is 15.0 Å². The van der Waals surface area contributed by atoms with E-state index in [0.29, 0.717) is 0 Å². The number of phenols is 1. The molecule has 0 atom stereocenters. The zero-order valence-corrected chi connectivity index (χ0v) is 15.8. The van der Waals surface area contributed by atoms with Crippen molar-refractivity contribution in [1.82, 2.24) is 0 Å². The zero-order chi connectivity index (χ0) is 19.1. The molecule has 2 aromatic rings. The predicted molar refractivity (Wildman–Crippen MR) is 105 cm³/mol. The molecular weight excluding hydrogens is 324 g/mol. The lowest BCUT2D eigenvalue weighted by atomic mass is 9.62. The van der Waals surface area contributed by atoms with Crippen LogP contribution in [0.2, 0.25) is 0 Å². The fourth-order valence-electron chi connectivity index (χ4n) is 3.81. The van der Waals surface area contributed by atoms with E-state index in [9.17, 15) is 9.90 Å². The van der Waals surface area contributed by atoms with E-state index in [-0.39, 0.29) is 16.6 Å². The number of rotatable bonds is 3. The first-order valence-corrected chi connectivity index (χ1v) is 9.00. The number of aromatic hydroxyl groups is 1. The Balaban J connectivity index is 2.13. The number of hydrogen-bond acceptors (Lipinski definition) is 2. The largest absolute Gasteiger partial charge is 0.507 e. The molecule has 0 heterocycles. The summed E-state index contributed by atoms with van der Waals surface area (Å²) in [6.07, 6.45) is 4.89. The Labute approximate surface area is 155 Å². The smallest absolute Gasteiger partial charge is 0.328 e. The molecule has 1 aliphatic rings. The van der Waals surface area contributed by atoms with E-state index in [2.05, 4.69) is 33.8 Å². The highest BCUT2D eigenvalue weighted by atomic mass is 16.4. The van der Waals surface area contributed by atoms with E-state index in [4.69, 9.17) is 5.11 Å². The molecule has 0 amide bonds. The minimum atomic E-state index is -0.976. The van der Waals surface area contributed by atoms with Crippen molar-refractivity contribution in [3.05, 3.63) is 59.2 Å². The topological polar surface area (TPSA) is 57.5 Å². The van der Waals surface area contributed by atoms with Gasteiger partial charge in [-0.2, -0.15) is 0 Å². The summed E-state index contributed by atoms with van der Waals surface area (Å²) < 4.78 is 0. The molecule has 1 aliphatic carbocycles. The first-order valence-electron chi connectivity index (χ1n) is 9.00. The van der Waals surface area contributed by atoms with E-state index in [1.54, 1.807) is 6.08 Å². The van der Waals surface area contributed by atoms with Gasteiger partial charge in [0.05, 0.1) is 0 Å².